The van der Waals surface area contributed by atoms with E-state index in [4.69, 9.17) is 11.6 Å². The van der Waals surface area contributed by atoms with Crippen LogP contribution in [0.4, 0.5) is 4.39 Å². The molecule has 0 saturated carbocycles. The predicted molar refractivity (Wildman–Crippen MR) is 52.1 cm³/mol. The molecule has 3 heteroatoms. The zero-order chi connectivity index (χ0) is 8.97. The summed E-state index contributed by atoms with van der Waals surface area (Å²) in [7, 11) is 0. The molecule has 0 spiro atoms. The molecule has 0 heterocycles. The van der Waals surface area contributed by atoms with Gasteiger partial charge in [0.25, 0.3) is 0 Å². The minimum Gasteiger partial charge on any atom is -0.207 e. The fourth-order valence-corrected chi connectivity index (χ4v) is 1.03. The molecular weight excluding hydrogens is 242 g/mol. The maximum atomic E-state index is 12.6. The molecule has 0 radical (unpaired) electrons. The molecule has 0 unspecified atom stereocenters. The smallest absolute Gasteiger partial charge is 0.124 e. The van der Waals surface area contributed by atoms with Gasteiger partial charge in [-0.1, -0.05) is 39.4 Å². The van der Waals surface area contributed by atoms with Gasteiger partial charge in [0.1, 0.15) is 5.82 Å². The second kappa shape index (κ2) is 4.49. The van der Waals surface area contributed by atoms with Crippen molar-refractivity contribution in [3.63, 3.8) is 0 Å². The van der Waals surface area contributed by atoms with Crippen molar-refractivity contribution < 1.29 is 4.39 Å². The third kappa shape index (κ3) is 2.51. The van der Waals surface area contributed by atoms with Gasteiger partial charge in [0.15, 0.2) is 0 Å². The molecule has 0 aliphatic heterocycles. The minimum atomic E-state index is -0.321. The molecule has 0 amide bonds. The highest BCUT2D eigenvalue weighted by atomic mass is 79.9. The largest absolute Gasteiger partial charge is 0.207 e. The van der Waals surface area contributed by atoms with Gasteiger partial charge in [0, 0.05) is 5.56 Å². The van der Waals surface area contributed by atoms with Crippen molar-refractivity contribution in [3.05, 3.63) is 34.6 Å². The highest BCUT2D eigenvalue weighted by Gasteiger charge is 1.97. The van der Waals surface area contributed by atoms with Crippen LogP contribution in [-0.2, 0) is 0 Å². The van der Waals surface area contributed by atoms with E-state index >= 15 is 0 Å². The summed E-state index contributed by atoms with van der Waals surface area (Å²) in [6.07, 6.45) is 0. The summed E-state index contributed by atoms with van der Waals surface area (Å²) < 4.78 is 12.6. The van der Waals surface area contributed by atoms with Crippen LogP contribution in [0.5, 0.6) is 0 Å². The summed E-state index contributed by atoms with van der Waals surface area (Å²) in [5.74, 6) is 5.16. The highest BCUT2D eigenvalue weighted by molar-refractivity contribution is 9.09. The summed E-state index contributed by atoms with van der Waals surface area (Å²) >= 11 is 8.89. The molecule has 62 valence electrons. The van der Waals surface area contributed by atoms with Gasteiger partial charge in [0.05, 0.1) is 10.4 Å². The number of benzene rings is 1. The molecule has 12 heavy (non-hydrogen) atoms. The lowest BCUT2D eigenvalue weighted by Gasteiger charge is -1.94. The van der Waals surface area contributed by atoms with Crippen LogP contribution in [0, 0.1) is 17.7 Å². The monoisotopic (exact) mass is 246 g/mol. The molecule has 0 N–H and O–H groups in total. The second-order valence-electron chi connectivity index (χ2n) is 2.06. The van der Waals surface area contributed by atoms with E-state index in [0.29, 0.717) is 15.9 Å². The Kier molecular flexibility index (Phi) is 3.58. The maximum absolute atomic E-state index is 12.6. The maximum Gasteiger partial charge on any atom is 0.124 e. The lowest BCUT2D eigenvalue weighted by Crippen LogP contribution is -1.80. The van der Waals surface area contributed by atoms with Crippen molar-refractivity contribution in [2.24, 2.45) is 0 Å². The second-order valence-corrected chi connectivity index (χ2v) is 3.03. The van der Waals surface area contributed by atoms with E-state index in [1.165, 1.54) is 18.2 Å². The average molecular weight is 247 g/mol. The third-order valence-electron chi connectivity index (χ3n) is 1.22. The zero-order valence-corrected chi connectivity index (χ0v) is 8.41. The van der Waals surface area contributed by atoms with Crippen molar-refractivity contribution in [2.45, 2.75) is 0 Å². The van der Waals surface area contributed by atoms with E-state index in [2.05, 4.69) is 27.8 Å². The van der Waals surface area contributed by atoms with Crippen LogP contribution in [0.25, 0.3) is 0 Å². The van der Waals surface area contributed by atoms with Crippen LogP contribution >= 0.6 is 27.5 Å². The molecule has 0 aliphatic carbocycles. The highest BCUT2D eigenvalue weighted by Crippen LogP contribution is 2.15. The summed E-state index contributed by atoms with van der Waals surface area (Å²) in [4.78, 5) is 0. The average Bonchev–Trinajstić information content (AvgIpc) is 2.07. The molecule has 1 aromatic rings. The number of alkyl halides is 1. The Hall–Kier alpha value is -0.520. The van der Waals surface area contributed by atoms with Crippen molar-refractivity contribution >= 4 is 27.5 Å². The number of hydrogen-bond donors (Lipinski definition) is 0. The van der Waals surface area contributed by atoms with Crippen molar-refractivity contribution in [1.82, 2.24) is 0 Å². The Morgan fingerprint density at radius 3 is 2.92 bits per heavy atom. The molecule has 1 aromatic carbocycles. The summed E-state index contributed by atoms with van der Waals surface area (Å²) in [5.41, 5.74) is 0.524. The minimum absolute atomic E-state index is 0.321. The molecule has 1 rings (SSSR count). The Morgan fingerprint density at radius 1 is 1.50 bits per heavy atom. The molecule has 0 nitrogen and oxygen atoms in total. The fourth-order valence-electron chi connectivity index (χ4n) is 0.722. The standard InChI is InChI=1S/C9H5BrClF/c10-5-1-2-7-6-8(12)3-4-9(7)11/h3-4,6H,5H2. The topological polar surface area (TPSA) is 0 Å². The van der Waals surface area contributed by atoms with Gasteiger partial charge in [-0.2, -0.15) is 0 Å². The molecular formula is C9H5BrClF. The van der Waals surface area contributed by atoms with Crippen LogP contribution in [0.1, 0.15) is 5.56 Å². The van der Waals surface area contributed by atoms with E-state index in [1.54, 1.807) is 0 Å². The molecule has 0 aromatic heterocycles. The van der Waals surface area contributed by atoms with Crippen LogP contribution in [0.3, 0.4) is 0 Å². The van der Waals surface area contributed by atoms with Gasteiger partial charge in [-0.05, 0) is 18.2 Å². The van der Waals surface area contributed by atoms with Crippen molar-refractivity contribution in [2.75, 3.05) is 5.33 Å². The Bertz CT molecular complexity index is 338. The number of hydrogen-bond acceptors (Lipinski definition) is 0. The zero-order valence-electron chi connectivity index (χ0n) is 6.07. The SMILES string of the molecule is Fc1ccc(Cl)c(C#CCBr)c1. The number of rotatable bonds is 0. The van der Waals surface area contributed by atoms with Crippen molar-refractivity contribution in [1.29, 1.82) is 0 Å². The van der Waals surface area contributed by atoms with Gasteiger partial charge in [-0.25, -0.2) is 4.39 Å². The van der Waals surface area contributed by atoms with Gasteiger partial charge in [-0.3, -0.25) is 0 Å². The summed E-state index contributed by atoms with van der Waals surface area (Å²) in [6, 6.07) is 4.12. The van der Waals surface area contributed by atoms with Crippen LogP contribution in [-0.4, -0.2) is 5.33 Å². The van der Waals surface area contributed by atoms with Gasteiger partial charge in [0.2, 0.25) is 0 Å². The van der Waals surface area contributed by atoms with Crippen molar-refractivity contribution in [3.8, 4) is 11.8 Å². The third-order valence-corrected chi connectivity index (χ3v) is 1.83. The first-order valence-electron chi connectivity index (χ1n) is 3.24. The van der Waals surface area contributed by atoms with E-state index in [-0.39, 0.29) is 5.82 Å². The summed E-state index contributed by atoms with van der Waals surface area (Å²) in [6.45, 7) is 0. The molecule has 0 saturated heterocycles. The first kappa shape index (κ1) is 9.57. The van der Waals surface area contributed by atoms with E-state index in [9.17, 15) is 4.39 Å². The Labute approximate surface area is 83.9 Å². The van der Waals surface area contributed by atoms with E-state index in [1.807, 2.05) is 0 Å². The summed E-state index contributed by atoms with van der Waals surface area (Å²) in [5, 5.41) is 1.03. The quantitative estimate of drug-likeness (QED) is 0.488. The van der Waals surface area contributed by atoms with E-state index in [0.717, 1.165) is 0 Å². The Morgan fingerprint density at radius 2 is 2.25 bits per heavy atom. The fraction of sp³-hybridized carbons (Fsp3) is 0.111. The lowest BCUT2D eigenvalue weighted by atomic mass is 10.2. The van der Waals surface area contributed by atoms with Gasteiger partial charge < -0.3 is 0 Å². The van der Waals surface area contributed by atoms with Gasteiger partial charge >= 0.3 is 0 Å². The van der Waals surface area contributed by atoms with Crippen LogP contribution < -0.4 is 0 Å². The first-order chi connectivity index (χ1) is 5.74. The first-order valence-corrected chi connectivity index (χ1v) is 4.74. The van der Waals surface area contributed by atoms with Crippen LogP contribution in [0.15, 0.2) is 18.2 Å². The Balaban J connectivity index is 3.05. The van der Waals surface area contributed by atoms with Gasteiger partial charge in [-0.15, -0.1) is 0 Å². The normalized spacial score (nSPS) is 8.92. The molecule has 0 atom stereocenters. The molecule has 0 aliphatic rings. The molecule has 0 fully saturated rings. The molecule has 0 bridgehead atoms. The van der Waals surface area contributed by atoms with E-state index < -0.39 is 0 Å². The van der Waals surface area contributed by atoms with Crippen LogP contribution in [0.2, 0.25) is 5.02 Å². The predicted octanol–water partition coefficient (Wildman–Crippen LogP) is 3.23. The lowest BCUT2D eigenvalue weighted by molar-refractivity contribution is 0.627. The number of halogens is 3.